The third kappa shape index (κ3) is 5.64. The van der Waals surface area contributed by atoms with E-state index >= 15 is 0 Å². The smallest absolute Gasteiger partial charge is 0.365 e. The predicted molar refractivity (Wildman–Crippen MR) is 104 cm³/mol. The summed E-state index contributed by atoms with van der Waals surface area (Å²) in [6.07, 6.45) is -3.35. The number of non-ortho nitro benzene ring substituents is 1. The lowest BCUT2D eigenvalue weighted by atomic mass is 10.1. The Bertz CT molecular complexity index is 1050. The first-order valence-corrected chi connectivity index (χ1v) is 8.97. The summed E-state index contributed by atoms with van der Waals surface area (Å²) in [5.74, 6) is 0.203. The van der Waals surface area contributed by atoms with Crippen molar-refractivity contribution in [3.05, 3.63) is 62.1 Å². The van der Waals surface area contributed by atoms with Crippen molar-refractivity contribution in [1.29, 1.82) is 0 Å². The second-order valence-electron chi connectivity index (χ2n) is 5.36. The van der Waals surface area contributed by atoms with Gasteiger partial charge in [-0.3, -0.25) is 10.1 Å². The minimum Gasteiger partial charge on any atom is -0.365 e. The maximum atomic E-state index is 13.0. The molecule has 2 heterocycles. The van der Waals surface area contributed by atoms with Crippen LogP contribution in [0.2, 0.25) is 10.4 Å². The Kier molecular flexibility index (Phi) is 7.15. The van der Waals surface area contributed by atoms with E-state index in [1.807, 2.05) is 13.8 Å². The van der Waals surface area contributed by atoms with Crippen molar-refractivity contribution < 1.29 is 18.1 Å². The molecular formula is C17H14Cl2F3N5O2. The van der Waals surface area contributed by atoms with Crippen molar-refractivity contribution in [2.24, 2.45) is 0 Å². The summed E-state index contributed by atoms with van der Waals surface area (Å²) in [5, 5.41) is 14.2. The van der Waals surface area contributed by atoms with Gasteiger partial charge in [0.25, 0.3) is 5.69 Å². The Morgan fingerprint density at radius 2 is 1.83 bits per heavy atom. The molecule has 12 heteroatoms. The zero-order valence-corrected chi connectivity index (χ0v) is 16.6. The van der Waals surface area contributed by atoms with Crippen molar-refractivity contribution in [3.63, 3.8) is 0 Å². The highest BCUT2D eigenvalue weighted by molar-refractivity contribution is 6.30. The molecule has 0 unspecified atom stereocenters. The summed E-state index contributed by atoms with van der Waals surface area (Å²) in [6.45, 7) is 3.83. The molecule has 0 spiro atoms. The van der Waals surface area contributed by atoms with Gasteiger partial charge in [-0.15, -0.1) is 0 Å². The number of halogens is 5. The molecule has 0 aliphatic heterocycles. The molecule has 1 N–H and O–H groups in total. The van der Waals surface area contributed by atoms with E-state index in [4.69, 9.17) is 23.2 Å². The van der Waals surface area contributed by atoms with E-state index in [1.54, 1.807) is 0 Å². The average Bonchev–Trinajstić information content (AvgIpc) is 2.67. The molecule has 0 aliphatic rings. The van der Waals surface area contributed by atoms with Crippen LogP contribution in [-0.2, 0) is 12.7 Å². The highest BCUT2D eigenvalue weighted by Crippen LogP contribution is 2.33. The summed E-state index contributed by atoms with van der Waals surface area (Å²) in [5.41, 5.74) is -1.37. The van der Waals surface area contributed by atoms with Crippen LogP contribution in [0.15, 0.2) is 30.5 Å². The fourth-order valence-corrected chi connectivity index (χ4v) is 2.68. The zero-order chi connectivity index (χ0) is 21.8. The van der Waals surface area contributed by atoms with Gasteiger partial charge in [0.1, 0.15) is 11.0 Å². The van der Waals surface area contributed by atoms with Gasteiger partial charge in [0.05, 0.1) is 22.2 Å². The van der Waals surface area contributed by atoms with Gasteiger partial charge < -0.3 is 5.32 Å². The van der Waals surface area contributed by atoms with Crippen molar-refractivity contribution in [1.82, 2.24) is 15.0 Å². The predicted octanol–water partition coefficient (Wildman–Crippen LogP) is 5.90. The molecule has 29 heavy (non-hydrogen) atoms. The van der Waals surface area contributed by atoms with Crippen LogP contribution in [0.25, 0.3) is 10.9 Å². The molecular weight excluding hydrogens is 434 g/mol. The van der Waals surface area contributed by atoms with E-state index in [-0.39, 0.29) is 28.4 Å². The van der Waals surface area contributed by atoms with E-state index in [9.17, 15) is 23.3 Å². The van der Waals surface area contributed by atoms with Crippen LogP contribution in [0.4, 0.5) is 24.7 Å². The van der Waals surface area contributed by atoms with Crippen molar-refractivity contribution in [3.8, 4) is 0 Å². The first kappa shape index (κ1) is 22.6. The Morgan fingerprint density at radius 3 is 2.45 bits per heavy atom. The van der Waals surface area contributed by atoms with E-state index < -0.39 is 22.4 Å². The summed E-state index contributed by atoms with van der Waals surface area (Å²) in [4.78, 5) is 21.9. The highest BCUT2D eigenvalue weighted by Gasteiger charge is 2.32. The van der Waals surface area contributed by atoms with Gasteiger partial charge in [0.15, 0.2) is 0 Å². The summed E-state index contributed by atoms with van der Waals surface area (Å²) in [7, 11) is 0. The normalized spacial score (nSPS) is 11.0. The van der Waals surface area contributed by atoms with Crippen LogP contribution in [-0.4, -0.2) is 19.9 Å². The Morgan fingerprint density at radius 1 is 1.14 bits per heavy atom. The van der Waals surface area contributed by atoms with E-state index in [1.165, 1.54) is 12.3 Å². The second kappa shape index (κ2) is 9.19. The minimum absolute atomic E-state index is 0.0413. The van der Waals surface area contributed by atoms with Crippen LogP contribution in [0, 0.1) is 10.1 Å². The number of alkyl halides is 3. The minimum atomic E-state index is -4.72. The summed E-state index contributed by atoms with van der Waals surface area (Å²) in [6, 6.07) is 3.80. The molecule has 0 aliphatic carbocycles. The molecule has 0 radical (unpaired) electrons. The number of hydrogen-bond donors (Lipinski definition) is 1. The number of nitrogens with zero attached hydrogens (tertiary/aromatic N) is 4. The van der Waals surface area contributed by atoms with Crippen LogP contribution < -0.4 is 5.32 Å². The first-order chi connectivity index (χ1) is 13.6. The molecule has 0 atom stereocenters. The maximum Gasteiger partial charge on any atom is 0.416 e. The van der Waals surface area contributed by atoms with E-state index in [0.29, 0.717) is 17.0 Å². The Balaban J connectivity index is 0.00000145. The van der Waals surface area contributed by atoms with E-state index in [0.717, 1.165) is 12.1 Å². The van der Waals surface area contributed by atoms with Crippen LogP contribution in [0.5, 0.6) is 0 Å². The first-order valence-electron chi connectivity index (χ1n) is 8.22. The van der Waals surface area contributed by atoms with Crippen molar-refractivity contribution in [2.75, 3.05) is 5.32 Å². The van der Waals surface area contributed by atoms with Gasteiger partial charge >= 0.3 is 6.18 Å². The Labute approximate surface area is 173 Å². The number of fused-ring (bicyclic) bond motifs is 1. The molecule has 0 amide bonds. The van der Waals surface area contributed by atoms with Crippen LogP contribution >= 0.6 is 23.2 Å². The van der Waals surface area contributed by atoms with Gasteiger partial charge in [0, 0.05) is 24.1 Å². The lowest BCUT2D eigenvalue weighted by Gasteiger charge is -2.12. The van der Waals surface area contributed by atoms with Gasteiger partial charge in [-0.1, -0.05) is 25.4 Å². The number of pyridine rings is 1. The van der Waals surface area contributed by atoms with Crippen LogP contribution in [0.1, 0.15) is 25.0 Å². The zero-order valence-electron chi connectivity index (χ0n) is 15.1. The molecule has 154 valence electrons. The lowest BCUT2D eigenvalue weighted by molar-refractivity contribution is -0.385. The Hall–Kier alpha value is -2.72. The highest BCUT2D eigenvalue weighted by atomic mass is 35.5. The molecule has 0 fully saturated rings. The van der Waals surface area contributed by atoms with Crippen LogP contribution in [0.3, 0.4) is 0 Å². The number of anilines is 1. The summed E-state index contributed by atoms with van der Waals surface area (Å²) < 4.78 is 38.9. The molecule has 0 saturated carbocycles. The van der Waals surface area contributed by atoms with Gasteiger partial charge in [-0.05, 0) is 29.3 Å². The van der Waals surface area contributed by atoms with Crippen molar-refractivity contribution >= 4 is 45.6 Å². The molecule has 3 aromatic rings. The van der Waals surface area contributed by atoms with Gasteiger partial charge in [-0.2, -0.15) is 13.2 Å². The molecule has 2 aromatic heterocycles. The van der Waals surface area contributed by atoms with Gasteiger partial charge in [0.2, 0.25) is 5.28 Å². The number of rotatable bonds is 4. The fourth-order valence-electron chi connectivity index (χ4n) is 2.34. The van der Waals surface area contributed by atoms with E-state index in [2.05, 4.69) is 20.3 Å². The average molecular weight is 448 g/mol. The number of benzene rings is 1. The lowest BCUT2D eigenvalue weighted by Crippen LogP contribution is -2.09. The van der Waals surface area contributed by atoms with Crippen molar-refractivity contribution in [2.45, 2.75) is 26.6 Å². The SMILES string of the molecule is CC.O=[N+]([O-])c1cc(CNc2nc(Cl)nc3cnc(Cl)cc23)cc(C(F)(F)F)c1. The maximum absolute atomic E-state index is 13.0. The van der Waals surface area contributed by atoms with Gasteiger partial charge in [-0.25, -0.2) is 15.0 Å². The number of hydrogen-bond acceptors (Lipinski definition) is 6. The topological polar surface area (TPSA) is 93.8 Å². The molecule has 3 rings (SSSR count). The molecule has 1 aromatic carbocycles. The molecule has 0 bridgehead atoms. The quantitative estimate of drug-likeness (QED) is 0.231. The second-order valence-corrected chi connectivity index (χ2v) is 6.09. The molecule has 0 saturated heterocycles. The number of nitrogens with one attached hydrogen (secondary N) is 1. The largest absolute Gasteiger partial charge is 0.416 e. The third-order valence-corrected chi connectivity index (χ3v) is 3.87. The third-order valence-electron chi connectivity index (χ3n) is 3.50. The number of aromatic nitrogens is 3. The standard InChI is InChI=1S/C15H8Cl2F3N5O2.C2H6/c16-12-4-10-11(6-21-12)23-14(17)24-13(10)22-5-7-1-8(15(18,19)20)3-9(2-7)25(26)27;1-2/h1-4,6H,5H2,(H,22,23,24);1-2H3. The summed E-state index contributed by atoms with van der Waals surface area (Å²) >= 11 is 11.7. The number of nitro benzene ring substituents is 1. The molecule has 7 nitrogen and oxygen atoms in total. The fraction of sp³-hybridized carbons (Fsp3) is 0.235. The monoisotopic (exact) mass is 447 g/mol. The number of nitro groups is 1.